The molecular formula is C18H20N2O4. The molecule has 1 atom stereocenters. The first-order valence-electron chi connectivity index (χ1n) is 7.97. The number of aromatic hydroxyl groups is 1. The summed E-state index contributed by atoms with van der Waals surface area (Å²) in [4.78, 5) is 26.0. The van der Waals surface area contributed by atoms with Gasteiger partial charge in [-0.2, -0.15) is 0 Å². The molecule has 1 aliphatic carbocycles. The summed E-state index contributed by atoms with van der Waals surface area (Å²) < 4.78 is 0. The monoisotopic (exact) mass is 328 g/mol. The number of aliphatic hydroxyl groups excluding tert-OH is 1. The normalized spacial score (nSPS) is 20.9. The molecule has 6 nitrogen and oxygen atoms in total. The van der Waals surface area contributed by atoms with E-state index in [1.54, 1.807) is 0 Å². The van der Waals surface area contributed by atoms with Gasteiger partial charge in [-0.1, -0.05) is 30.3 Å². The number of pyridine rings is 1. The molecule has 1 heterocycles. The summed E-state index contributed by atoms with van der Waals surface area (Å²) >= 11 is 0. The van der Waals surface area contributed by atoms with Gasteiger partial charge in [0.05, 0.1) is 11.7 Å². The summed E-state index contributed by atoms with van der Waals surface area (Å²) in [5, 5.41) is 22.3. The number of rotatable bonds is 5. The number of aliphatic hydroxyl groups is 1. The van der Waals surface area contributed by atoms with Crippen LogP contribution in [0.5, 0.6) is 5.75 Å². The Labute approximate surface area is 139 Å². The van der Waals surface area contributed by atoms with Crippen LogP contribution in [0.15, 0.2) is 47.4 Å². The van der Waals surface area contributed by atoms with Gasteiger partial charge < -0.3 is 20.5 Å². The van der Waals surface area contributed by atoms with Crippen LogP contribution in [0, 0.1) is 5.92 Å². The molecule has 6 heteroatoms. The quantitative estimate of drug-likeness (QED) is 0.662. The number of aromatic nitrogens is 1. The first-order valence-corrected chi connectivity index (χ1v) is 7.97. The minimum absolute atomic E-state index is 0.0348. The summed E-state index contributed by atoms with van der Waals surface area (Å²) in [7, 11) is 0. The van der Waals surface area contributed by atoms with E-state index >= 15 is 0 Å². The summed E-state index contributed by atoms with van der Waals surface area (Å²) in [5.74, 6) is -0.594. The average molecular weight is 328 g/mol. The van der Waals surface area contributed by atoms with Crippen molar-refractivity contribution in [2.24, 2.45) is 5.92 Å². The van der Waals surface area contributed by atoms with Crippen molar-refractivity contribution >= 4 is 5.91 Å². The standard InChI is InChI=1S/C18H20N2O4/c21-13-7-12(8-13)15(6-11-4-2-1-3-5-11)20-18(24)14-10-19-17(23)9-16(14)22/h1-5,9-10,12-13,15,21H,6-8H2,(H,20,24)(H2,19,22,23)/t12?,13?,15-/m1/s1. The zero-order valence-corrected chi connectivity index (χ0v) is 13.1. The number of H-pyrrole nitrogens is 1. The van der Waals surface area contributed by atoms with Gasteiger partial charge in [-0.25, -0.2) is 0 Å². The third-order valence-corrected chi connectivity index (χ3v) is 4.48. The fraction of sp³-hybridized carbons (Fsp3) is 0.333. The number of aromatic amines is 1. The van der Waals surface area contributed by atoms with Gasteiger partial charge >= 0.3 is 0 Å². The topological polar surface area (TPSA) is 102 Å². The zero-order valence-electron chi connectivity index (χ0n) is 13.1. The van der Waals surface area contributed by atoms with Crippen molar-refractivity contribution in [1.29, 1.82) is 0 Å². The first kappa shape index (κ1) is 16.3. The van der Waals surface area contributed by atoms with Crippen molar-refractivity contribution in [3.05, 3.63) is 64.1 Å². The first-order chi connectivity index (χ1) is 11.5. The number of benzene rings is 1. The Bertz CT molecular complexity index is 766. The number of carbonyl (C=O) groups excluding carboxylic acids is 1. The van der Waals surface area contributed by atoms with Crippen molar-refractivity contribution in [3.63, 3.8) is 0 Å². The van der Waals surface area contributed by atoms with Gasteiger partial charge in [0.15, 0.2) is 0 Å². The summed E-state index contributed by atoms with van der Waals surface area (Å²) in [6.07, 6.45) is 2.84. The Morgan fingerprint density at radius 3 is 2.62 bits per heavy atom. The van der Waals surface area contributed by atoms with Gasteiger partial charge in [0.1, 0.15) is 5.75 Å². The zero-order chi connectivity index (χ0) is 17.1. The van der Waals surface area contributed by atoms with Crippen LogP contribution >= 0.6 is 0 Å². The van der Waals surface area contributed by atoms with Gasteiger partial charge in [-0.05, 0) is 30.7 Å². The Kier molecular flexibility index (Phi) is 4.66. The smallest absolute Gasteiger partial charge is 0.256 e. The third kappa shape index (κ3) is 3.65. The highest BCUT2D eigenvalue weighted by Gasteiger charge is 2.35. The van der Waals surface area contributed by atoms with Crippen molar-refractivity contribution in [3.8, 4) is 5.75 Å². The molecule has 2 aromatic rings. The molecule has 0 saturated heterocycles. The van der Waals surface area contributed by atoms with Gasteiger partial charge in [-0.15, -0.1) is 0 Å². The minimum atomic E-state index is -0.466. The second-order valence-electron chi connectivity index (χ2n) is 6.25. The maximum absolute atomic E-state index is 12.4. The Balaban J connectivity index is 1.75. The molecule has 1 aliphatic rings. The van der Waals surface area contributed by atoms with Crippen molar-refractivity contribution in [2.45, 2.75) is 31.4 Å². The SMILES string of the molecule is O=C(N[C@H](Cc1ccccc1)C1CC(O)C1)c1c[nH]c(=O)cc1O. The van der Waals surface area contributed by atoms with E-state index in [2.05, 4.69) is 10.3 Å². The lowest BCUT2D eigenvalue weighted by Crippen LogP contribution is -2.48. The van der Waals surface area contributed by atoms with E-state index < -0.39 is 11.5 Å². The Morgan fingerprint density at radius 2 is 2.00 bits per heavy atom. The second-order valence-corrected chi connectivity index (χ2v) is 6.25. The van der Waals surface area contributed by atoms with Crippen LogP contribution in [0.3, 0.4) is 0 Å². The van der Waals surface area contributed by atoms with Crippen molar-refractivity contribution in [1.82, 2.24) is 10.3 Å². The van der Waals surface area contributed by atoms with Crippen molar-refractivity contribution in [2.75, 3.05) is 0 Å². The molecule has 4 N–H and O–H groups in total. The van der Waals surface area contributed by atoms with E-state index in [0.29, 0.717) is 19.3 Å². The second kappa shape index (κ2) is 6.88. The van der Waals surface area contributed by atoms with Crippen LogP contribution in [-0.2, 0) is 6.42 Å². The van der Waals surface area contributed by atoms with E-state index in [-0.39, 0.29) is 29.4 Å². The Morgan fingerprint density at radius 1 is 1.29 bits per heavy atom. The Hall–Kier alpha value is -2.60. The van der Waals surface area contributed by atoms with Crippen LogP contribution in [0.1, 0.15) is 28.8 Å². The predicted octanol–water partition coefficient (Wildman–Crippen LogP) is 1.19. The number of amides is 1. The summed E-state index contributed by atoms with van der Waals surface area (Å²) in [6, 6.07) is 10.6. The molecule has 1 saturated carbocycles. The summed E-state index contributed by atoms with van der Waals surface area (Å²) in [6.45, 7) is 0. The number of carbonyl (C=O) groups is 1. The minimum Gasteiger partial charge on any atom is -0.507 e. The van der Waals surface area contributed by atoms with E-state index in [9.17, 15) is 19.8 Å². The van der Waals surface area contributed by atoms with Gasteiger partial charge in [0.25, 0.3) is 11.5 Å². The molecular weight excluding hydrogens is 308 g/mol. The third-order valence-electron chi connectivity index (χ3n) is 4.48. The summed E-state index contributed by atoms with van der Waals surface area (Å²) in [5.41, 5.74) is 0.661. The van der Waals surface area contributed by atoms with Gasteiger partial charge in [0.2, 0.25) is 0 Å². The lowest BCUT2D eigenvalue weighted by Gasteiger charge is -2.38. The largest absolute Gasteiger partial charge is 0.507 e. The molecule has 0 unspecified atom stereocenters. The number of nitrogens with one attached hydrogen (secondary N) is 2. The van der Waals surface area contributed by atoms with Crippen LogP contribution in [-0.4, -0.2) is 33.3 Å². The number of hydrogen-bond donors (Lipinski definition) is 4. The highest BCUT2D eigenvalue weighted by atomic mass is 16.3. The molecule has 1 aromatic carbocycles. The molecule has 126 valence electrons. The highest BCUT2D eigenvalue weighted by Crippen LogP contribution is 2.32. The van der Waals surface area contributed by atoms with E-state index in [1.807, 2.05) is 30.3 Å². The van der Waals surface area contributed by atoms with E-state index in [4.69, 9.17) is 0 Å². The average Bonchev–Trinajstić information content (AvgIpc) is 2.52. The van der Waals surface area contributed by atoms with Crippen LogP contribution < -0.4 is 10.9 Å². The number of hydrogen-bond acceptors (Lipinski definition) is 4. The molecule has 1 fully saturated rings. The molecule has 1 amide bonds. The van der Waals surface area contributed by atoms with Gasteiger partial charge in [-0.3, -0.25) is 9.59 Å². The fourth-order valence-corrected chi connectivity index (χ4v) is 3.05. The van der Waals surface area contributed by atoms with Crippen LogP contribution in [0.25, 0.3) is 0 Å². The lowest BCUT2D eigenvalue weighted by molar-refractivity contribution is 0.0239. The molecule has 3 rings (SSSR count). The molecule has 0 radical (unpaired) electrons. The molecule has 24 heavy (non-hydrogen) atoms. The van der Waals surface area contributed by atoms with E-state index in [0.717, 1.165) is 11.6 Å². The lowest BCUT2D eigenvalue weighted by atomic mass is 9.75. The molecule has 0 spiro atoms. The van der Waals surface area contributed by atoms with Crippen LogP contribution in [0.4, 0.5) is 0 Å². The van der Waals surface area contributed by atoms with Crippen molar-refractivity contribution < 1.29 is 15.0 Å². The molecule has 0 bridgehead atoms. The van der Waals surface area contributed by atoms with E-state index in [1.165, 1.54) is 6.20 Å². The van der Waals surface area contributed by atoms with Gasteiger partial charge in [0, 0.05) is 18.3 Å². The maximum atomic E-state index is 12.4. The fourth-order valence-electron chi connectivity index (χ4n) is 3.05. The maximum Gasteiger partial charge on any atom is 0.256 e. The van der Waals surface area contributed by atoms with Crippen LogP contribution in [0.2, 0.25) is 0 Å². The molecule has 1 aromatic heterocycles. The highest BCUT2D eigenvalue weighted by molar-refractivity contribution is 5.96. The predicted molar refractivity (Wildman–Crippen MR) is 88.9 cm³/mol. The molecule has 0 aliphatic heterocycles.